The second-order valence-corrected chi connectivity index (χ2v) is 5.54. The fraction of sp³-hybridized carbons (Fsp3) is 0.188. The summed E-state index contributed by atoms with van der Waals surface area (Å²) in [5.74, 6) is -0.187. The van der Waals surface area contributed by atoms with E-state index in [1.165, 1.54) is 0 Å². The van der Waals surface area contributed by atoms with Gasteiger partial charge in [0.15, 0.2) is 0 Å². The van der Waals surface area contributed by atoms with Crippen molar-refractivity contribution < 1.29 is 9.53 Å². The van der Waals surface area contributed by atoms with Crippen LogP contribution < -0.4 is 11.1 Å². The Labute approximate surface area is 132 Å². The molecule has 0 saturated carbocycles. The minimum atomic E-state index is -0.187. The summed E-state index contributed by atoms with van der Waals surface area (Å²) in [6.45, 7) is 0.608. The van der Waals surface area contributed by atoms with Crippen LogP contribution in [-0.4, -0.2) is 19.6 Å². The number of halogens is 1. The molecule has 2 aromatic carbocycles. The van der Waals surface area contributed by atoms with Gasteiger partial charge in [0.2, 0.25) is 0 Å². The first kappa shape index (κ1) is 15.5. The van der Waals surface area contributed by atoms with Gasteiger partial charge in [-0.2, -0.15) is 0 Å². The Morgan fingerprint density at radius 1 is 1.29 bits per heavy atom. The van der Waals surface area contributed by atoms with Gasteiger partial charge in [0.05, 0.1) is 6.61 Å². The maximum Gasteiger partial charge on any atom is 0.255 e. The van der Waals surface area contributed by atoms with Crippen LogP contribution in [0.3, 0.4) is 0 Å². The van der Waals surface area contributed by atoms with Gasteiger partial charge in [-0.15, -0.1) is 0 Å². The van der Waals surface area contributed by atoms with E-state index in [2.05, 4.69) is 21.2 Å². The Kier molecular flexibility index (Phi) is 5.36. The number of anilines is 2. The molecule has 0 aliphatic rings. The number of nitrogen functional groups attached to an aromatic ring is 1. The highest BCUT2D eigenvalue weighted by Crippen LogP contribution is 2.20. The molecule has 4 nitrogen and oxygen atoms in total. The number of hydrogen-bond donors (Lipinski definition) is 2. The van der Waals surface area contributed by atoms with E-state index in [4.69, 9.17) is 10.5 Å². The zero-order valence-corrected chi connectivity index (χ0v) is 13.3. The largest absolute Gasteiger partial charge is 0.399 e. The van der Waals surface area contributed by atoms with Gasteiger partial charge in [0.1, 0.15) is 0 Å². The van der Waals surface area contributed by atoms with Gasteiger partial charge in [0, 0.05) is 28.5 Å². The average molecular weight is 349 g/mol. The van der Waals surface area contributed by atoms with Crippen LogP contribution >= 0.6 is 15.9 Å². The molecule has 21 heavy (non-hydrogen) atoms. The van der Waals surface area contributed by atoms with Crippen molar-refractivity contribution in [3.63, 3.8) is 0 Å². The summed E-state index contributed by atoms with van der Waals surface area (Å²) in [6.07, 6.45) is 0.744. The molecule has 0 aromatic heterocycles. The van der Waals surface area contributed by atoms with Gasteiger partial charge in [0.25, 0.3) is 5.91 Å². The van der Waals surface area contributed by atoms with E-state index in [0.29, 0.717) is 17.9 Å². The molecule has 0 atom stereocenters. The molecule has 0 bridgehead atoms. The monoisotopic (exact) mass is 348 g/mol. The first-order valence-electron chi connectivity index (χ1n) is 6.54. The minimum Gasteiger partial charge on any atom is -0.399 e. The number of methoxy groups -OCH3 is 1. The molecular weight excluding hydrogens is 332 g/mol. The van der Waals surface area contributed by atoms with Gasteiger partial charge in [-0.3, -0.25) is 4.79 Å². The first-order valence-corrected chi connectivity index (χ1v) is 7.33. The molecule has 2 aromatic rings. The van der Waals surface area contributed by atoms with Crippen LogP contribution in [0.25, 0.3) is 0 Å². The van der Waals surface area contributed by atoms with E-state index < -0.39 is 0 Å². The van der Waals surface area contributed by atoms with Crippen molar-refractivity contribution in [1.29, 1.82) is 0 Å². The quantitative estimate of drug-likeness (QED) is 0.813. The van der Waals surface area contributed by atoms with Crippen LogP contribution in [-0.2, 0) is 11.2 Å². The molecule has 5 heteroatoms. The van der Waals surface area contributed by atoms with Gasteiger partial charge in [-0.1, -0.05) is 34.1 Å². The molecular formula is C16H17BrN2O2. The van der Waals surface area contributed by atoms with Crippen LogP contribution in [0.2, 0.25) is 0 Å². The highest BCUT2D eigenvalue weighted by molar-refractivity contribution is 9.10. The summed E-state index contributed by atoms with van der Waals surface area (Å²) in [7, 11) is 1.66. The molecule has 1 amide bonds. The van der Waals surface area contributed by atoms with Gasteiger partial charge in [-0.05, 0) is 36.2 Å². The second-order valence-electron chi connectivity index (χ2n) is 4.63. The smallest absolute Gasteiger partial charge is 0.255 e. The summed E-state index contributed by atoms with van der Waals surface area (Å²) in [5, 5.41) is 2.92. The van der Waals surface area contributed by atoms with Gasteiger partial charge in [-0.25, -0.2) is 0 Å². The summed E-state index contributed by atoms with van der Waals surface area (Å²) in [4.78, 5) is 12.3. The minimum absolute atomic E-state index is 0.187. The van der Waals surface area contributed by atoms with E-state index in [0.717, 1.165) is 22.1 Å². The fourth-order valence-electron chi connectivity index (χ4n) is 2.01. The van der Waals surface area contributed by atoms with Crippen molar-refractivity contribution in [2.75, 3.05) is 24.8 Å². The van der Waals surface area contributed by atoms with Crippen LogP contribution in [0.15, 0.2) is 46.9 Å². The van der Waals surface area contributed by atoms with Crippen molar-refractivity contribution in [3.8, 4) is 0 Å². The number of ether oxygens (including phenoxy) is 1. The second kappa shape index (κ2) is 7.24. The number of carbonyl (C=O) groups excluding carboxylic acids is 1. The van der Waals surface area contributed by atoms with Crippen molar-refractivity contribution in [2.45, 2.75) is 6.42 Å². The maximum atomic E-state index is 12.3. The average Bonchev–Trinajstić information content (AvgIpc) is 2.45. The van der Waals surface area contributed by atoms with Crippen LogP contribution in [0.5, 0.6) is 0 Å². The first-order chi connectivity index (χ1) is 10.1. The summed E-state index contributed by atoms with van der Waals surface area (Å²) >= 11 is 3.34. The lowest BCUT2D eigenvalue weighted by molar-refractivity contribution is 0.102. The fourth-order valence-corrected chi connectivity index (χ4v) is 2.52. The number of rotatable bonds is 5. The molecule has 3 N–H and O–H groups in total. The standard InChI is InChI=1S/C16H17BrN2O2/c1-21-7-6-11-4-2-3-5-15(11)19-16(20)12-8-13(17)10-14(18)9-12/h2-5,8-10H,6-7,18H2,1H3,(H,19,20). The molecule has 0 radical (unpaired) electrons. The topological polar surface area (TPSA) is 64.3 Å². The third-order valence-corrected chi connectivity index (χ3v) is 3.48. The van der Waals surface area contributed by atoms with E-state index in [1.54, 1.807) is 25.3 Å². The molecule has 0 aliphatic heterocycles. The Hall–Kier alpha value is -1.85. The predicted octanol–water partition coefficient (Wildman–Crippen LogP) is 3.47. The Morgan fingerprint density at radius 3 is 2.76 bits per heavy atom. The van der Waals surface area contributed by atoms with E-state index in [1.807, 2.05) is 24.3 Å². The predicted molar refractivity (Wildman–Crippen MR) is 88.5 cm³/mol. The molecule has 110 valence electrons. The molecule has 0 aliphatic carbocycles. The molecule has 0 unspecified atom stereocenters. The van der Waals surface area contributed by atoms with Crippen LogP contribution in [0, 0.1) is 0 Å². The normalized spacial score (nSPS) is 10.4. The SMILES string of the molecule is COCCc1ccccc1NC(=O)c1cc(N)cc(Br)c1. The summed E-state index contributed by atoms with van der Waals surface area (Å²) < 4.78 is 5.86. The number of nitrogens with one attached hydrogen (secondary N) is 1. The van der Waals surface area contributed by atoms with E-state index in [9.17, 15) is 4.79 Å². The zero-order valence-electron chi connectivity index (χ0n) is 11.7. The van der Waals surface area contributed by atoms with Gasteiger partial charge >= 0.3 is 0 Å². The summed E-state index contributed by atoms with van der Waals surface area (Å²) in [6, 6.07) is 12.8. The lowest BCUT2D eigenvalue weighted by Crippen LogP contribution is -2.14. The molecule has 0 saturated heterocycles. The third-order valence-electron chi connectivity index (χ3n) is 3.02. The summed E-state index contributed by atoms with van der Waals surface area (Å²) in [5.41, 5.74) is 8.65. The number of nitrogens with two attached hydrogens (primary N) is 1. The Bertz CT molecular complexity index is 624. The molecule has 0 heterocycles. The van der Waals surface area contributed by atoms with Gasteiger partial charge < -0.3 is 15.8 Å². The molecule has 0 fully saturated rings. The Balaban J connectivity index is 2.19. The van der Waals surface area contributed by atoms with Crippen molar-refractivity contribution >= 4 is 33.2 Å². The zero-order chi connectivity index (χ0) is 15.2. The van der Waals surface area contributed by atoms with E-state index in [-0.39, 0.29) is 5.91 Å². The van der Waals surface area contributed by atoms with Crippen LogP contribution in [0.4, 0.5) is 11.4 Å². The number of carbonyl (C=O) groups is 1. The van der Waals surface area contributed by atoms with Crippen molar-refractivity contribution in [1.82, 2.24) is 0 Å². The maximum absolute atomic E-state index is 12.3. The Morgan fingerprint density at radius 2 is 2.05 bits per heavy atom. The molecule has 0 spiro atoms. The highest BCUT2D eigenvalue weighted by Gasteiger charge is 2.10. The number of amides is 1. The van der Waals surface area contributed by atoms with Crippen molar-refractivity contribution in [3.05, 3.63) is 58.1 Å². The highest BCUT2D eigenvalue weighted by atomic mass is 79.9. The number of benzene rings is 2. The lowest BCUT2D eigenvalue weighted by Gasteiger charge is -2.11. The van der Waals surface area contributed by atoms with Crippen LogP contribution in [0.1, 0.15) is 15.9 Å². The number of hydrogen-bond acceptors (Lipinski definition) is 3. The number of para-hydroxylation sites is 1. The molecule has 2 rings (SSSR count). The van der Waals surface area contributed by atoms with E-state index >= 15 is 0 Å². The third kappa shape index (κ3) is 4.31. The lowest BCUT2D eigenvalue weighted by atomic mass is 10.1. The van der Waals surface area contributed by atoms with Crippen molar-refractivity contribution in [2.24, 2.45) is 0 Å².